The van der Waals surface area contributed by atoms with E-state index in [-0.39, 0.29) is 11.3 Å². The van der Waals surface area contributed by atoms with Crippen molar-refractivity contribution in [3.8, 4) is 0 Å². The highest BCUT2D eigenvalue weighted by Crippen LogP contribution is 2.63. The molecule has 3 heterocycles. The Hall–Kier alpha value is -1.40. The quantitative estimate of drug-likeness (QED) is 0.843. The second-order valence-electron chi connectivity index (χ2n) is 10.7. The highest BCUT2D eigenvalue weighted by molar-refractivity contribution is 5.95. The fourth-order valence-electron chi connectivity index (χ4n) is 7.04. The summed E-state index contributed by atoms with van der Waals surface area (Å²) in [5.41, 5.74) is 2.50. The number of nitrogens with one attached hydrogen (secondary N) is 1. The molecule has 0 unspecified atom stereocenters. The van der Waals surface area contributed by atoms with Gasteiger partial charge in [0.15, 0.2) is 0 Å². The van der Waals surface area contributed by atoms with Gasteiger partial charge in [-0.1, -0.05) is 33.1 Å². The second-order valence-corrected chi connectivity index (χ2v) is 10.7. The van der Waals surface area contributed by atoms with E-state index in [1.54, 1.807) is 6.20 Å². The van der Waals surface area contributed by atoms with E-state index in [0.29, 0.717) is 17.3 Å². The lowest BCUT2D eigenvalue weighted by molar-refractivity contribution is -0.0966. The zero-order valence-electron chi connectivity index (χ0n) is 18.1. The van der Waals surface area contributed by atoms with Crippen LogP contribution in [0.15, 0.2) is 6.20 Å². The smallest absolute Gasteiger partial charge is 0.257 e. The van der Waals surface area contributed by atoms with E-state index in [1.165, 1.54) is 38.5 Å². The number of hydrogen-bond donors (Lipinski definition) is 1. The molecule has 1 N–H and O–H groups in total. The molecule has 2 saturated heterocycles. The maximum absolute atomic E-state index is 13.6. The Kier molecular flexibility index (Phi) is 4.98. The van der Waals surface area contributed by atoms with Crippen LogP contribution >= 0.6 is 0 Å². The first-order valence-corrected chi connectivity index (χ1v) is 11.6. The molecule has 1 aromatic heterocycles. The van der Waals surface area contributed by atoms with Gasteiger partial charge in [-0.3, -0.25) is 14.8 Å². The summed E-state index contributed by atoms with van der Waals surface area (Å²) in [4.78, 5) is 18.3. The minimum atomic E-state index is 0.200. The summed E-state index contributed by atoms with van der Waals surface area (Å²) < 4.78 is 5.55. The Bertz CT molecular complexity index is 748. The second kappa shape index (κ2) is 7.38. The predicted molar refractivity (Wildman–Crippen MR) is 112 cm³/mol. The molecule has 6 heteroatoms. The maximum atomic E-state index is 13.6. The lowest BCUT2D eigenvalue weighted by Crippen LogP contribution is -2.59. The van der Waals surface area contributed by atoms with Crippen molar-refractivity contribution in [1.29, 1.82) is 0 Å². The predicted octanol–water partition coefficient (Wildman–Crippen LogP) is 3.28. The van der Waals surface area contributed by atoms with E-state index in [9.17, 15) is 4.79 Å². The maximum Gasteiger partial charge on any atom is 0.257 e. The monoisotopic (exact) mass is 400 g/mol. The zero-order chi connectivity index (χ0) is 20.1. The van der Waals surface area contributed by atoms with E-state index < -0.39 is 0 Å². The Balaban J connectivity index is 1.33. The molecule has 4 fully saturated rings. The van der Waals surface area contributed by atoms with Crippen molar-refractivity contribution in [2.24, 2.45) is 16.7 Å². The number of amides is 1. The Morgan fingerprint density at radius 1 is 1.24 bits per heavy atom. The van der Waals surface area contributed by atoms with Crippen LogP contribution in [0.1, 0.15) is 74.3 Å². The number of hydrogen-bond acceptors (Lipinski definition) is 4. The Morgan fingerprint density at radius 2 is 2.00 bits per heavy atom. The van der Waals surface area contributed by atoms with E-state index in [2.05, 4.69) is 33.8 Å². The lowest BCUT2D eigenvalue weighted by atomic mass is 9.48. The van der Waals surface area contributed by atoms with E-state index in [0.717, 1.165) is 57.2 Å². The van der Waals surface area contributed by atoms with Crippen LogP contribution in [0.4, 0.5) is 0 Å². The van der Waals surface area contributed by atoms with Crippen LogP contribution in [0.2, 0.25) is 0 Å². The number of aromatic amines is 1. The van der Waals surface area contributed by atoms with Gasteiger partial charge in [-0.2, -0.15) is 5.10 Å². The molecule has 2 atom stereocenters. The normalized spacial score (nSPS) is 32.8. The molecule has 4 aliphatic rings. The summed E-state index contributed by atoms with van der Waals surface area (Å²) in [5, 5.41) is 7.48. The first kappa shape index (κ1) is 19.6. The van der Waals surface area contributed by atoms with Crippen molar-refractivity contribution < 1.29 is 9.53 Å². The fraction of sp³-hybridized carbons (Fsp3) is 0.826. The highest BCUT2D eigenvalue weighted by atomic mass is 16.5. The number of rotatable bonds is 4. The number of carbonyl (C=O) groups is 1. The van der Waals surface area contributed by atoms with Crippen molar-refractivity contribution in [3.63, 3.8) is 0 Å². The van der Waals surface area contributed by atoms with Crippen LogP contribution in [-0.2, 0) is 4.74 Å². The van der Waals surface area contributed by atoms with Gasteiger partial charge in [0.1, 0.15) is 0 Å². The molecule has 0 spiro atoms. The number of H-pyrrole nitrogens is 1. The summed E-state index contributed by atoms with van der Waals surface area (Å²) in [6, 6.07) is 0. The molecule has 2 aliphatic carbocycles. The van der Waals surface area contributed by atoms with Crippen molar-refractivity contribution in [2.75, 3.05) is 45.9 Å². The SMILES string of the molecule is CC1(C)C[C@]2(CN3CCOCC3)CN(C(=O)c3cn[nH]c3C3CCCCC3)C[C@H]12. The summed E-state index contributed by atoms with van der Waals surface area (Å²) in [5.74, 6) is 1.26. The van der Waals surface area contributed by atoms with Gasteiger partial charge in [0, 0.05) is 44.1 Å². The van der Waals surface area contributed by atoms with Gasteiger partial charge in [0.2, 0.25) is 0 Å². The van der Waals surface area contributed by atoms with Gasteiger partial charge in [0.25, 0.3) is 5.91 Å². The summed E-state index contributed by atoms with van der Waals surface area (Å²) >= 11 is 0. The zero-order valence-corrected chi connectivity index (χ0v) is 18.1. The van der Waals surface area contributed by atoms with Gasteiger partial charge >= 0.3 is 0 Å². The van der Waals surface area contributed by atoms with Crippen molar-refractivity contribution >= 4 is 5.91 Å². The van der Waals surface area contributed by atoms with Gasteiger partial charge in [0.05, 0.1) is 30.7 Å². The molecule has 2 aliphatic heterocycles. The van der Waals surface area contributed by atoms with Crippen molar-refractivity contribution in [1.82, 2.24) is 20.0 Å². The van der Waals surface area contributed by atoms with Crippen molar-refractivity contribution in [3.05, 3.63) is 17.5 Å². The first-order chi connectivity index (χ1) is 14.0. The first-order valence-electron chi connectivity index (χ1n) is 11.6. The number of aromatic nitrogens is 2. The fourth-order valence-corrected chi connectivity index (χ4v) is 7.04. The molecule has 0 bridgehead atoms. The summed E-state index contributed by atoms with van der Waals surface area (Å²) in [6.45, 7) is 11.4. The minimum Gasteiger partial charge on any atom is -0.379 e. The molecule has 6 nitrogen and oxygen atoms in total. The van der Waals surface area contributed by atoms with Crippen LogP contribution in [0.25, 0.3) is 0 Å². The van der Waals surface area contributed by atoms with Crippen LogP contribution in [0, 0.1) is 16.7 Å². The third-order valence-electron chi connectivity index (χ3n) is 8.24. The third-order valence-corrected chi connectivity index (χ3v) is 8.24. The van der Waals surface area contributed by atoms with Crippen LogP contribution in [0.5, 0.6) is 0 Å². The number of ether oxygens (including phenoxy) is 1. The number of carbonyl (C=O) groups excluding carboxylic acids is 1. The topological polar surface area (TPSA) is 61.5 Å². The van der Waals surface area contributed by atoms with Gasteiger partial charge < -0.3 is 9.64 Å². The molecule has 0 aromatic carbocycles. The molecular formula is C23H36N4O2. The van der Waals surface area contributed by atoms with E-state index in [1.807, 2.05) is 0 Å². The number of morpholine rings is 1. The highest BCUT2D eigenvalue weighted by Gasteiger charge is 2.63. The molecule has 160 valence electrons. The number of likely N-dealkylation sites (tertiary alicyclic amines) is 1. The van der Waals surface area contributed by atoms with Gasteiger partial charge in [-0.25, -0.2) is 0 Å². The Morgan fingerprint density at radius 3 is 2.72 bits per heavy atom. The molecule has 2 saturated carbocycles. The van der Waals surface area contributed by atoms with Crippen LogP contribution in [0.3, 0.4) is 0 Å². The third kappa shape index (κ3) is 3.42. The summed E-state index contributed by atoms with van der Waals surface area (Å²) in [6.07, 6.45) is 9.21. The van der Waals surface area contributed by atoms with Crippen LogP contribution in [-0.4, -0.2) is 71.8 Å². The largest absolute Gasteiger partial charge is 0.379 e. The average molecular weight is 401 g/mol. The average Bonchev–Trinajstić information content (AvgIpc) is 3.32. The summed E-state index contributed by atoms with van der Waals surface area (Å²) in [7, 11) is 0. The molecule has 5 rings (SSSR count). The lowest BCUT2D eigenvalue weighted by Gasteiger charge is -2.58. The Labute approximate surface area is 174 Å². The van der Waals surface area contributed by atoms with E-state index in [4.69, 9.17) is 4.74 Å². The van der Waals surface area contributed by atoms with Crippen LogP contribution < -0.4 is 0 Å². The number of fused-ring (bicyclic) bond motifs is 1. The molecule has 1 amide bonds. The molecule has 0 radical (unpaired) electrons. The van der Waals surface area contributed by atoms with Gasteiger partial charge in [-0.05, 0) is 30.6 Å². The molecule has 1 aromatic rings. The minimum absolute atomic E-state index is 0.200. The number of nitrogens with zero attached hydrogens (tertiary/aromatic N) is 3. The standard InChI is InChI=1S/C23H36N4O2/c1-22(2)14-23(15-26-8-10-29-11-9-26)16-27(13-19(22)23)21(28)18-12-24-25-20(18)17-6-4-3-5-7-17/h12,17,19H,3-11,13-16H2,1-2H3,(H,24,25)/t19-,23+/m1/s1. The van der Waals surface area contributed by atoms with Gasteiger partial charge in [-0.15, -0.1) is 0 Å². The molecule has 29 heavy (non-hydrogen) atoms. The molecular weight excluding hydrogens is 364 g/mol. The van der Waals surface area contributed by atoms with E-state index >= 15 is 0 Å². The van der Waals surface area contributed by atoms with Crippen molar-refractivity contribution in [2.45, 2.75) is 58.3 Å².